The summed E-state index contributed by atoms with van der Waals surface area (Å²) in [6, 6.07) is 5.92. The molecule has 3 heteroatoms. The fraction of sp³-hybridized carbons (Fsp3) is 0.533. The second kappa shape index (κ2) is 4.73. The fourth-order valence-electron chi connectivity index (χ4n) is 2.53. The maximum atomic E-state index is 12.4. The number of nitrogens with one attached hydrogen (secondary N) is 1. The van der Waals surface area contributed by atoms with Crippen LogP contribution in [0.2, 0.25) is 0 Å². The van der Waals surface area contributed by atoms with E-state index in [-0.39, 0.29) is 11.4 Å². The first kappa shape index (κ1) is 13.1. The van der Waals surface area contributed by atoms with Gasteiger partial charge in [-0.25, -0.2) is 0 Å². The minimum Gasteiger partial charge on any atom is -0.345 e. The Kier molecular flexibility index (Phi) is 3.44. The maximum Gasteiger partial charge on any atom is 0.252 e. The Labute approximate surface area is 109 Å². The highest BCUT2D eigenvalue weighted by Gasteiger charge is 2.41. The minimum atomic E-state index is -0.258. The lowest BCUT2D eigenvalue weighted by molar-refractivity contribution is 0.0896. The molecule has 0 bridgehead atoms. The molecule has 18 heavy (non-hydrogen) atoms. The third kappa shape index (κ3) is 2.41. The summed E-state index contributed by atoms with van der Waals surface area (Å²) in [5.41, 5.74) is 8.40. The van der Waals surface area contributed by atoms with E-state index in [2.05, 4.69) is 12.2 Å². The van der Waals surface area contributed by atoms with Crippen LogP contribution in [0, 0.1) is 19.8 Å². The molecule has 1 unspecified atom stereocenters. The standard InChI is InChI=1S/C15H22N2O/c1-10-5-4-6-11(2)13(10)14(18)17-15(3,9-16)12-7-8-12/h4-6,12H,7-9,16H2,1-3H3,(H,17,18). The van der Waals surface area contributed by atoms with Crippen LogP contribution in [0.5, 0.6) is 0 Å². The largest absolute Gasteiger partial charge is 0.345 e. The summed E-state index contributed by atoms with van der Waals surface area (Å²) in [7, 11) is 0. The molecule has 1 aliphatic carbocycles. The van der Waals surface area contributed by atoms with Gasteiger partial charge in [-0.1, -0.05) is 18.2 Å². The predicted octanol–water partition coefficient (Wildman–Crippen LogP) is 2.16. The van der Waals surface area contributed by atoms with E-state index < -0.39 is 0 Å². The lowest BCUT2D eigenvalue weighted by atomic mass is 9.94. The van der Waals surface area contributed by atoms with E-state index in [1.807, 2.05) is 32.0 Å². The van der Waals surface area contributed by atoms with Crippen LogP contribution in [0.3, 0.4) is 0 Å². The van der Waals surface area contributed by atoms with Crippen molar-refractivity contribution < 1.29 is 4.79 Å². The van der Waals surface area contributed by atoms with Crippen LogP contribution in [0.15, 0.2) is 18.2 Å². The molecule has 98 valence electrons. The van der Waals surface area contributed by atoms with Crippen LogP contribution in [0.4, 0.5) is 0 Å². The van der Waals surface area contributed by atoms with E-state index in [0.29, 0.717) is 12.5 Å². The van der Waals surface area contributed by atoms with Crippen molar-refractivity contribution in [2.24, 2.45) is 11.7 Å². The van der Waals surface area contributed by atoms with Crippen molar-refractivity contribution in [1.29, 1.82) is 0 Å². The molecule has 0 spiro atoms. The molecule has 0 radical (unpaired) electrons. The zero-order chi connectivity index (χ0) is 13.3. The second-order valence-electron chi connectivity index (χ2n) is 5.62. The van der Waals surface area contributed by atoms with Crippen LogP contribution >= 0.6 is 0 Å². The zero-order valence-corrected chi connectivity index (χ0v) is 11.4. The van der Waals surface area contributed by atoms with Gasteiger partial charge in [0.25, 0.3) is 5.91 Å². The molecule has 3 N–H and O–H groups in total. The van der Waals surface area contributed by atoms with E-state index in [9.17, 15) is 4.79 Å². The number of carbonyl (C=O) groups excluding carboxylic acids is 1. The highest BCUT2D eigenvalue weighted by molar-refractivity contribution is 5.97. The van der Waals surface area contributed by atoms with Crippen molar-refractivity contribution in [1.82, 2.24) is 5.32 Å². The Morgan fingerprint density at radius 1 is 1.39 bits per heavy atom. The molecule has 1 aliphatic rings. The van der Waals surface area contributed by atoms with Crippen molar-refractivity contribution in [2.45, 2.75) is 39.2 Å². The van der Waals surface area contributed by atoms with E-state index in [0.717, 1.165) is 16.7 Å². The second-order valence-corrected chi connectivity index (χ2v) is 5.62. The van der Waals surface area contributed by atoms with Gasteiger partial charge >= 0.3 is 0 Å². The number of nitrogens with two attached hydrogens (primary N) is 1. The summed E-state index contributed by atoms with van der Waals surface area (Å²) < 4.78 is 0. The van der Waals surface area contributed by atoms with Gasteiger partial charge in [0.2, 0.25) is 0 Å². The molecule has 0 aromatic heterocycles. The fourth-order valence-corrected chi connectivity index (χ4v) is 2.53. The predicted molar refractivity (Wildman–Crippen MR) is 73.6 cm³/mol. The number of carbonyl (C=O) groups is 1. The van der Waals surface area contributed by atoms with E-state index in [1.165, 1.54) is 12.8 Å². The van der Waals surface area contributed by atoms with Crippen molar-refractivity contribution >= 4 is 5.91 Å². The summed E-state index contributed by atoms with van der Waals surface area (Å²) >= 11 is 0. The maximum absolute atomic E-state index is 12.4. The highest BCUT2D eigenvalue weighted by atomic mass is 16.1. The lowest BCUT2D eigenvalue weighted by Gasteiger charge is -2.30. The van der Waals surface area contributed by atoms with E-state index in [1.54, 1.807) is 0 Å². The number of aryl methyl sites for hydroxylation is 2. The summed E-state index contributed by atoms with van der Waals surface area (Å²) in [5.74, 6) is 0.543. The van der Waals surface area contributed by atoms with Crippen molar-refractivity contribution in [3.63, 3.8) is 0 Å². The molecule has 0 heterocycles. The first-order chi connectivity index (χ1) is 8.48. The van der Waals surface area contributed by atoms with Crippen molar-refractivity contribution in [2.75, 3.05) is 6.54 Å². The number of hydrogen-bond donors (Lipinski definition) is 2. The first-order valence-electron chi connectivity index (χ1n) is 6.57. The van der Waals surface area contributed by atoms with Gasteiger partial charge in [-0.2, -0.15) is 0 Å². The van der Waals surface area contributed by atoms with E-state index >= 15 is 0 Å². The van der Waals surface area contributed by atoms with Gasteiger partial charge in [-0.15, -0.1) is 0 Å². The van der Waals surface area contributed by atoms with Crippen molar-refractivity contribution in [3.05, 3.63) is 34.9 Å². The van der Waals surface area contributed by atoms with Gasteiger partial charge in [0.15, 0.2) is 0 Å². The van der Waals surface area contributed by atoms with Gasteiger partial charge in [0.05, 0.1) is 5.54 Å². The third-order valence-corrected chi connectivity index (χ3v) is 4.01. The van der Waals surface area contributed by atoms with Crippen LogP contribution in [-0.2, 0) is 0 Å². The van der Waals surface area contributed by atoms with Gasteiger partial charge in [0, 0.05) is 12.1 Å². The average molecular weight is 246 g/mol. The van der Waals surface area contributed by atoms with Crippen molar-refractivity contribution in [3.8, 4) is 0 Å². The number of benzene rings is 1. The minimum absolute atomic E-state index is 0.00505. The molecule has 1 saturated carbocycles. The Hall–Kier alpha value is -1.35. The van der Waals surface area contributed by atoms with Gasteiger partial charge in [-0.3, -0.25) is 4.79 Å². The Morgan fingerprint density at radius 2 is 1.94 bits per heavy atom. The van der Waals surface area contributed by atoms with Crippen LogP contribution in [0.1, 0.15) is 41.3 Å². The molecule has 1 fully saturated rings. The molecule has 3 nitrogen and oxygen atoms in total. The smallest absolute Gasteiger partial charge is 0.252 e. The summed E-state index contributed by atoms with van der Waals surface area (Å²) in [5, 5.41) is 3.14. The van der Waals surface area contributed by atoms with Gasteiger partial charge < -0.3 is 11.1 Å². The number of rotatable bonds is 4. The Bertz CT molecular complexity index is 445. The molecule has 0 saturated heterocycles. The Balaban J connectivity index is 2.21. The number of hydrogen-bond acceptors (Lipinski definition) is 2. The van der Waals surface area contributed by atoms with Crippen LogP contribution in [0.25, 0.3) is 0 Å². The van der Waals surface area contributed by atoms with Crippen LogP contribution < -0.4 is 11.1 Å². The third-order valence-electron chi connectivity index (χ3n) is 4.01. The summed E-state index contributed by atoms with van der Waals surface area (Å²) in [4.78, 5) is 12.4. The first-order valence-corrected chi connectivity index (χ1v) is 6.57. The normalized spacial score (nSPS) is 18.2. The molecular weight excluding hydrogens is 224 g/mol. The molecular formula is C15H22N2O. The molecule has 1 aromatic carbocycles. The average Bonchev–Trinajstić information content (AvgIpc) is 3.12. The summed E-state index contributed by atoms with van der Waals surface area (Å²) in [6.45, 7) is 6.49. The Morgan fingerprint density at radius 3 is 2.39 bits per heavy atom. The molecule has 1 atom stereocenters. The molecule has 0 aliphatic heterocycles. The zero-order valence-electron chi connectivity index (χ0n) is 11.4. The quantitative estimate of drug-likeness (QED) is 0.855. The molecule has 2 rings (SSSR count). The summed E-state index contributed by atoms with van der Waals surface area (Å²) in [6.07, 6.45) is 2.33. The highest BCUT2D eigenvalue weighted by Crippen LogP contribution is 2.39. The van der Waals surface area contributed by atoms with Gasteiger partial charge in [0.1, 0.15) is 0 Å². The molecule has 1 amide bonds. The lowest BCUT2D eigenvalue weighted by Crippen LogP contribution is -2.53. The van der Waals surface area contributed by atoms with Gasteiger partial charge in [-0.05, 0) is 50.7 Å². The number of amides is 1. The van der Waals surface area contributed by atoms with E-state index in [4.69, 9.17) is 5.73 Å². The molecule has 1 aromatic rings. The SMILES string of the molecule is Cc1cccc(C)c1C(=O)NC(C)(CN)C1CC1. The topological polar surface area (TPSA) is 55.1 Å². The van der Waals surface area contributed by atoms with Crippen LogP contribution in [-0.4, -0.2) is 18.0 Å². The monoisotopic (exact) mass is 246 g/mol.